The van der Waals surface area contributed by atoms with Gasteiger partial charge in [-0.15, -0.1) is 11.3 Å². The Bertz CT molecular complexity index is 1310. The van der Waals surface area contributed by atoms with E-state index in [9.17, 15) is 13.2 Å². The van der Waals surface area contributed by atoms with Gasteiger partial charge in [0.1, 0.15) is 5.69 Å². The van der Waals surface area contributed by atoms with Crippen LogP contribution in [-0.2, 0) is 14.8 Å². The van der Waals surface area contributed by atoms with Crippen LogP contribution in [-0.4, -0.2) is 59.8 Å². The van der Waals surface area contributed by atoms with Gasteiger partial charge in [0.25, 0.3) is 5.91 Å². The van der Waals surface area contributed by atoms with Crippen molar-refractivity contribution < 1.29 is 22.7 Å². The van der Waals surface area contributed by atoms with E-state index in [2.05, 4.69) is 30.0 Å². The molecule has 3 heterocycles. The van der Waals surface area contributed by atoms with Gasteiger partial charge in [-0.2, -0.15) is 0 Å². The van der Waals surface area contributed by atoms with E-state index in [4.69, 9.17) is 9.47 Å². The van der Waals surface area contributed by atoms with Crippen molar-refractivity contribution >= 4 is 33.0 Å². The Labute approximate surface area is 213 Å². The molecular weight excluding hydrogens is 504 g/mol. The van der Waals surface area contributed by atoms with Gasteiger partial charge in [0.05, 0.1) is 53.2 Å². The van der Waals surface area contributed by atoms with Crippen LogP contribution in [0.3, 0.4) is 0 Å². The van der Waals surface area contributed by atoms with Gasteiger partial charge in [-0.25, -0.2) is 18.4 Å². The summed E-state index contributed by atoms with van der Waals surface area (Å²) in [5.74, 6) is -0.153. The van der Waals surface area contributed by atoms with Gasteiger partial charge in [-0.1, -0.05) is 6.92 Å². The smallest absolute Gasteiger partial charge is 0.280 e. The van der Waals surface area contributed by atoms with Crippen molar-refractivity contribution in [3.8, 4) is 16.5 Å². The van der Waals surface area contributed by atoms with E-state index < -0.39 is 16.1 Å². The van der Waals surface area contributed by atoms with E-state index in [-0.39, 0.29) is 22.1 Å². The molecule has 3 aromatic heterocycles. The molecule has 2 N–H and O–H groups in total. The Hall–Kier alpha value is -3.16. The molecule has 13 heteroatoms. The highest BCUT2D eigenvalue weighted by Gasteiger charge is 2.36. The first-order chi connectivity index (χ1) is 17.3. The number of ether oxygens (including phenoxy) is 2. The highest BCUT2D eigenvalue weighted by atomic mass is 32.2. The molecule has 1 saturated carbocycles. The molecule has 0 unspecified atom stereocenters. The van der Waals surface area contributed by atoms with E-state index in [1.807, 2.05) is 13.8 Å². The molecule has 1 fully saturated rings. The Balaban J connectivity index is 1.54. The van der Waals surface area contributed by atoms with Crippen molar-refractivity contribution in [3.05, 3.63) is 47.6 Å². The maximum absolute atomic E-state index is 13.2. The number of hydrogen-bond donors (Lipinski definition) is 2. The van der Waals surface area contributed by atoms with Crippen molar-refractivity contribution in [2.45, 2.75) is 38.0 Å². The van der Waals surface area contributed by atoms with Crippen LogP contribution in [0.4, 0.5) is 5.69 Å². The maximum Gasteiger partial charge on any atom is 0.280 e. The third kappa shape index (κ3) is 6.33. The van der Waals surface area contributed by atoms with Crippen molar-refractivity contribution in [3.63, 3.8) is 0 Å². The van der Waals surface area contributed by atoms with Crippen molar-refractivity contribution in [1.29, 1.82) is 0 Å². The van der Waals surface area contributed by atoms with Crippen LogP contribution in [0.25, 0.3) is 10.6 Å². The molecule has 1 aliphatic carbocycles. The number of hydrogen-bond acceptors (Lipinski definition) is 10. The van der Waals surface area contributed by atoms with Crippen LogP contribution in [0, 0.1) is 5.92 Å². The van der Waals surface area contributed by atoms with Crippen molar-refractivity contribution in [2.75, 3.05) is 25.0 Å². The summed E-state index contributed by atoms with van der Waals surface area (Å²) in [7, 11) is -1.85. The van der Waals surface area contributed by atoms with Crippen molar-refractivity contribution in [2.24, 2.45) is 5.92 Å². The largest absolute Gasteiger partial charge is 0.477 e. The molecule has 1 aliphatic rings. The molecule has 0 saturated heterocycles. The van der Waals surface area contributed by atoms with Gasteiger partial charge in [-0.3, -0.25) is 19.5 Å². The zero-order chi connectivity index (χ0) is 25.7. The monoisotopic (exact) mass is 532 g/mol. The Kier molecular flexibility index (Phi) is 8.11. The number of aromatic nitrogens is 4. The van der Waals surface area contributed by atoms with Crippen LogP contribution in [0.1, 0.15) is 48.2 Å². The number of carbonyl (C=O) groups is 1. The highest BCUT2D eigenvalue weighted by Crippen LogP contribution is 2.31. The number of nitrogens with zero attached hydrogens (tertiary/aromatic N) is 4. The number of carbonyl (C=O) groups excluding carboxylic acids is 1. The Morgan fingerprint density at radius 2 is 2.06 bits per heavy atom. The number of amides is 1. The quantitative estimate of drug-likeness (QED) is 0.359. The average molecular weight is 533 g/mol. The minimum absolute atomic E-state index is 0.157. The summed E-state index contributed by atoms with van der Waals surface area (Å²) in [6.07, 6.45) is 7.51. The normalized spacial score (nSPS) is 15.2. The van der Waals surface area contributed by atoms with Gasteiger partial charge < -0.3 is 14.8 Å². The number of methoxy groups -OCH3 is 1. The van der Waals surface area contributed by atoms with Gasteiger partial charge in [0, 0.05) is 25.4 Å². The van der Waals surface area contributed by atoms with Crippen molar-refractivity contribution in [1.82, 2.24) is 25.3 Å². The SMILES string of the molecule is CCOc1cncc(-c2cnc(C(=O)N[C@H](c3cc(NS(=O)(=O)C4CC4)ccn3)[C@@H](C)COC)s2)n1. The lowest BCUT2D eigenvalue weighted by Crippen LogP contribution is -2.34. The molecular formula is C23H28N6O5S2. The summed E-state index contributed by atoms with van der Waals surface area (Å²) in [5, 5.41) is 2.88. The number of thiazole rings is 1. The van der Waals surface area contributed by atoms with Gasteiger partial charge in [-0.05, 0) is 31.9 Å². The van der Waals surface area contributed by atoms with E-state index in [1.54, 1.807) is 31.6 Å². The second kappa shape index (κ2) is 11.3. The van der Waals surface area contributed by atoms with Crippen LogP contribution >= 0.6 is 11.3 Å². The predicted molar refractivity (Wildman–Crippen MR) is 135 cm³/mol. The molecule has 0 aliphatic heterocycles. The number of anilines is 1. The summed E-state index contributed by atoms with van der Waals surface area (Å²) in [6.45, 7) is 4.59. The van der Waals surface area contributed by atoms with E-state index in [0.29, 0.717) is 53.9 Å². The van der Waals surface area contributed by atoms with E-state index in [0.717, 1.165) is 0 Å². The zero-order valence-electron chi connectivity index (χ0n) is 20.2. The maximum atomic E-state index is 13.2. The van der Waals surface area contributed by atoms with Crippen LogP contribution in [0.5, 0.6) is 5.88 Å². The molecule has 0 bridgehead atoms. The minimum Gasteiger partial charge on any atom is -0.477 e. The lowest BCUT2D eigenvalue weighted by molar-refractivity contribution is 0.0885. The standard InChI is InChI=1S/C23H28N6O5S2/c1-4-34-20-12-24-10-18(27-20)19-11-26-23(35-19)22(30)28-21(14(2)13-33-3)17-9-15(7-8-25-17)29-36(31,32)16-5-6-16/h7-12,14,16,21H,4-6,13H2,1-3H3,(H,25,29)(H,28,30)/t14-,21-/m0/s1. The Morgan fingerprint density at radius 1 is 1.25 bits per heavy atom. The molecule has 1 amide bonds. The molecule has 11 nitrogen and oxygen atoms in total. The van der Waals surface area contributed by atoms with Crippen LogP contribution < -0.4 is 14.8 Å². The molecule has 36 heavy (non-hydrogen) atoms. The lowest BCUT2D eigenvalue weighted by Gasteiger charge is -2.24. The fourth-order valence-electron chi connectivity index (χ4n) is 3.56. The molecule has 192 valence electrons. The first kappa shape index (κ1) is 25.9. The third-order valence-electron chi connectivity index (χ3n) is 5.47. The second-order valence-electron chi connectivity index (χ2n) is 8.40. The summed E-state index contributed by atoms with van der Waals surface area (Å²) in [6, 6.07) is 2.68. The van der Waals surface area contributed by atoms with Gasteiger partial charge in [0.15, 0.2) is 5.01 Å². The number of sulfonamides is 1. The number of rotatable bonds is 12. The van der Waals surface area contributed by atoms with E-state index in [1.165, 1.54) is 23.7 Å². The summed E-state index contributed by atoms with van der Waals surface area (Å²) >= 11 is 1.18. The highest BCUT2D eigenvalue weighted by molar-refractivity contribution is 7.93. The fourth-order valence-corrected chi connectivity index (χ4v) is 5.71. The molecule has 4 rings (SSSR count). The molecule has 2 atom stereocenters. The minimum atomic E-state index is -3.43. The summed E-state index contributed by atoms with van der Waals surface area (Å²) in [4.78, 5) is 31.0. The predicted octanol–water partition coefficient (Wildman–Crippen LogP) is 3.05. The van der Waals surface area contributed by atoms with Gasteiger partial charge in [0.2, 0.25) is 15.9 Å². The fraction of sp³-hybridized carbons (Fsp3) is 0.435. The topological polar surface area (TPSA) is 145 Å². The zero-order valence-corrected chi connectivity index (χ0v) is 21.8. The molecule has 0 aromatic carbocycles. The first-order valence-electron chi connectivity index (χ1n) is 11.5. The number of pyridine rings is 1. The third-order valence-corrected chi connectivity index (χ3v) is 8.35. The molecule has 0 spiro atoms. The lowest BCUT2D eigenvalue weighted by atomic mass is 9.98. The molecule has 3 aromatic rings. The van der Waals surface area contributed by atoms with Crippen LogP contribution in [0.2, 0.25) is 0 Å². The first-order valence-corrected chi connectivity index (χ1v) is 13.9. The van der Waals surface area contributed by atoms with E-state index >= 15 is 0 Å². The Morgan fingerprint density at radius 3 is 2.78 bits per heavy atom. The second-order valence-corrected chi connectivity index (χ2v) is 11.4. The number of nitrogens with one attached hydrogen (secondary N) is 2. The van der Waals surface area contributed by atoms with Crippen LogP contribution in [0.15, 0.2) is 36.9 Å². The average Bonchev–Trinajstić information content (AvgIpc) is 3.61. The summed E-state index contributed by atoms with van der Waals surface area (Å²) in [5.41, 5.74) is 1.47. The summed E-state index contributed by atoms with van der Waals surface area (Å²) < 4.78 is 38.1. The van der Waals surface area contributed by atoms with Gasteiger partial charge >= 0.3 is 0 Å². The molecule has 0 radical (unpaired) electrons.